The first kappa shape index (κ1) is 16.0. The van der Waals surface area contributed by atoms with Gasteiger partial charge in [0.05, 0.1) is 0 Å². The van der Waals surface area contributed by atoms with E-state index < -0.39 is 8.07 Å². The minimum atomic E-state index is -1.91. The molecule has 0 heterocycles. The van der Waals surface area contributed by atoms with Crippen molar-refractivity contribution in [1.29, 1.82) is 0 Å². The van der Waals surface area contributed by atoms with Crippen molar-refractivity contribution in [3.63, 3.8) is 0 Å². The monoisotopic (exact) mass is 318 g/mol. The lowest BCUT2D eigenvalue weighted by atomic mass is 10.2. The van der Waals surface area contributed by atoms with E-state index in [2.05, 4.69) is 88.8 Å². The third kappa shape index (κ3) is 2.86. The molecule has 1 aliphatic rings. The molecule has 0 amide bonds. The summed E-state index contributed by atoms with van der Waals surface area (Å²) in [4.78, 5) is 0. The minimum absolute atomic E-state index is 1.14. The molecule has 0 saturated heterocycles. The molecule has 0 radical (unpaired) electrons. The SMILES string of the molecule is CC1=CC(C)=C([Si](C)(c2ccccc2)c2cc(C)cc(C)c2)C1. The Kier molecular flexibility index (Phi) is 4.16. The number of hydrogen-bond acceptors (Lipinski definition) is 0. The summed E-state index contributed by atoms with van der Waals surface area (Å²) in [5, 5.41) is 4.73. The molecule has 0 saturated carbocycles. The highest BCUT2D eigenvalue weighted by Crippen LogP contribution is 2.32. The van der Waals surface area contributed by atoms with Gasteiger partial charge in [0.1, 0.15) is 8.07 Å². The van der Waals surface area contributed by atoms with Crippen LogP contribution >= 0.6 is 0 Å². The van der Waals surface area contributed by atoms with Gasteiger partial charge in [-0.05, 0) is 44.5 Å². The fourth-order valence-corrected chi connectivity index (χ4v) is 8.46. The molecular formula is C22H26Si. The van der Waals surface area contributed by atoms with Crippen LogP contribution in [0.5, 0.6) is 0 Å². The Hall–Kier alpha value is -1.86. The minimum Gasteiger partial charge on any atom is -0.0694 e. The lowest BCUT2D eigenvalue weighted by molar-refractivity contribution is 1.21. The summed E-state index contributed by atoms with van der Waals surface area (Å²) in [5.41, 5.74) is 5.72. The van der Waals surface area contributed by atoms with Crippen LogP contribution < -0.4 is 10.4 Å². The second kappa shape index (κ2) is 5.97. The van der Waals surface area contributed by atoms with Crippen LogP contribution in [0.2, 0.25) is 6.55 Å². The maximum atomic E-state index is 2.53. The van der Waals surface area contributed by atoms with Crippen molar-refractivity contribution in [2.24, 2.45) is 0 Å². The maximum absolute atomic E-state index is 2.53. The van der Waals surface area contributed by atoms with Gasteiger partial charge in [-0.1, -0.05) is 88.6 Å². The topological polar surface area (TPSA) is 0 Å². The molecule has 0 N–H and O–H groups in total. The van der Waals surface area contributed by atoms with Crippen LogP contribution in [0.3, 0.4) is 0 Å². The van der Waals surface area contributed by atoms with E-state index in [-0.39, 0.29) is 0 Å². The average Bonchev–Trinajstić information content (AvgIpc) is 2.85. The molecule has 0 spiro atoms. The second-order valence-corrected chi connectivity index (χ2v) is 11.2. The van der Waals surface area contributed by atoms with Crippen molar-refractivity contribution in [1.82, 2.24) is 0 Å². The van der Waals surface area contributed by atoms with Crippen LogP contribution in [0.1, 0.15) is 31.4 Å². The van der Waals surface area contributed by atoms with E-state index in [9.17, 15) is 0 Å². The molecule has 0 aliphatic heterocycles. The van der Waals surface area contributed by atoms with Crippen LogP contribution in [0.25, 0.3) is 0 Å². The third-order valence-electron chi connectivity index (χ3n) is 5.15. The number of allylic oxidation sites excluding steroid dienone is 4. The van der Waals surface area contributed by atoms with Gasteiger partial charge in [0.25, 0.3) is 0 Å². The highest BCUT2D eigenvalue weighted by molar-refractivity contribution is 7.06. The van der Waals surface area contributed by atoms with Crippen LogP contribution in [0.4, 0.5) is 0 Å². The summed E-state index contributed by atoms with van der Waals surface area (Å²) >= 11 is 0. The quantitative estimate of drug-likeness (QED) is 0.720. The standard InChI is InChI=1S/C22H26Si/c1-16-11-17(2)14-21(13-16)23(5,20-9-7-6-8-10-20)22-15-18(3)12-19(22)4/h6-14H,15H2,1-5H3. The number of rotatable bonds is 3. The first-order valence-corrected chi connectivity index (χ1v) is 10.9. The Balaban J connectivity index is 2.25. The van der Waals surface area contributed by atoms with Crippen molar-refractivity contribution >= 4 is 18.4 Å². The molecule has 2 aromatic carbocycles. The molecule has 1 aliphatic carbocycles. The molecule has 0 bridgehead atoms. The summed E-state index contributed by atoms with van der Waals surface area (Å²) in [6.07, 6.45) is 3.52. The Morgan fingerprint density at radius 3 is 1.91 bits per heavy atom. The lowest BCUT2D eigenvalue weighted by Gasteiger charge is -2.32. The Labute approximate surface area is 141 Å². The largest absolute Gasteiger partial charge is 0.141 e. The van der Waals surface area contributed by atoms with E-state index in [1.807, 2.05) is 0 Å². The predicted octanol–water partition coefficient (Wildman–Crippen LogP) is 4.70. The smallest absolute Gasteiger partial charge is 0.0694 e. The average molecular weight is 319 g/mol. The van der Waals surface area contributed by atoms with Crippen LogP contribution in [-0.4, -0.2) is 8.07 Å². The lowest BCUT2D eigenvalue weighted by Crippen LogP contribution is -2.57. The van der Waals surface area contributed by atoms with Crippen molar-refractivity contribution in [2.75, 3.05) is 0 Å². The fourth-order valence-electron chi connectivity index (χ4n) is 4.05. The molecule has 23 heavy (non-hydrogen) atoms. The Bertz CT molecular complexity index is 776. The van der Waals surface area contributed by atoms with E-state index in [0.29, 0.717) is 0 Å². The van der Waals surface area contributed by atoms with Crippen LogP contribution in [0.15, 0.2) is 70.9 Å². The predicted molar refractivity (Wildman–Crippen MR) is 104 cm³/mol. The van der Waals surface area contributed by atoms with E-state index in [0.717, 1.165) is 6.42 Å². The van der Waals surface area contributed by atoms with Gasteiger partial charge in [0, 0.05) is 0 Å². The fraction of sp³-hybridized carbons (Fsp3) is 0.273. The number of benzene rings is 2. The highest BCUT2D eigenvalue weighted by Gasteiger charge is 2.38. The van der Waals surface area contributed by atoms with Gasteiger partial charge in [-0.3, -0.25) is 0 Å². The van der Waals surface area contributed by atoms with Crippen LogP contribution in [0, 0.1) is 13.8 Å². The first-order chi connectivity index (χ1) is 10.9. The van der Waals surface area contributed by atoms with Gasteiger partial charge in [0.15, 0.2) is 0 Å². The van der Waals surface area contributed by atoms with E-state index >= 15 is 0 Å². The van der Waals surface area contributed by atoms with Gasteiger partial charge >= 0.3 is 0 Å². The zero-order valence-electron chi connectivity index (χ0n) is 14.9. The highest BCUT2D eigenvalue weighted by atomic mass is 28.3. The molecule has 2 aromatic rings. The van der Waals surface area contributed by atoms with Crippen molar-refractivity contribution in [2.45, 2.75) is 40.7 Å². The van der Waals surface area contributed by atoms with E-state index in [4.69, 9.17) is 0 Å². The number of hydrogen-bond donors (Lipinski definition) is 0. The normalized spacial score (nSPS) is 17.2. The molecule has 118 valence electrons. The summed E-state index contributed by atoms with van der Waals surface area (Å²) in [5.74, 6) is 0. The van der Waals surface area contributed by atoms with E-state index in [1.165, 1.54) is 27.5 Å². The van der Waals surface area contributed by atoms with Gasteiger partial charge < -0.3 is 0 Å². The molecule has 1 atom stereocenters. The molecule has 0 fully saturated rings. The third-order valence-corrected chi connectivity index (χ3v) is 9.86. The zero-order chi connectivity index (χ0) is 16.6. The van der Waals surface area contributed by atoms with Gasteiger partial charge in [-0.2, -0.15) is 0 Å². The molecule has 3 rings (SSSR count). The maximum Gasteiger partial charge on any atom is 0.141 e. The summed E-state index contributed by atoms with van der Waals surface area (Å²) in [6.45, 7) is 11.5. The van der Waals surface area contributed by atoms with Crippen molar-refractivity contribution in [3.8, 4) is 0 Å². The van der Waals surface area contributed by atoms with E-state index in [1.54, 1.807) is 10.4 Å². The van der Waals surface area contributed by atoms with Gasteiger partial charge in [-0.25, -0.2) is 0 Å². The van der Waals surface area contributed by atoms with Gasteiger partial charge in [-0.15, -0.1) is 0 Å². The molecule has 0 aromatic heterocycles. The number of aryl methyl sites for hydroxylation is 2. The molecule has 1 unspecified atom stereocenters. The van der Waals surface area contributed by atoms with Crippen molar-refractivity contribution in [3.05, 3.63) is 82.1 Å². The summed E-state index contributed by atoms with van der Waals surface area (Å²) < 4.78 is 0. The molecule has 1 heteroatoms. The van der Waals surface area contributed by atoms with Crippen molar-refractivity contribution < 1.29 is 0 Å². The summed E-state index contributed by atoms with van der Waals surface area (Å²) in [7, 11) is -1.91. The second-order valence-electron chi connectivity index (χ2n) is 7.20. The van der Waals surface area contributed by atoms with Gasteiger partial charge in [0.2, 0.25) is 0 Å². The molecular weight excluding hydrogens is 292 g/mol. The Morgan fingerprint density at radius 1 is 0.783 bits per heavy atom. The Morgan fingerprint density at radius 2 is 1.39 bits per heavy atom. The first-order valence-electron chi connectivity index (χ1n) is 8.43. The summed E-state index contributed by atoms with van der Waals surface area (Å²) in [6, 6.07) is 18.3. The zero-order valence-corrected chi connectivity index (χ0v) is 15.9. The van der Waals surface area contributed by atoms with Crippen LogP contribution in [-0.2, 0) is 0 Å². The molecule has 0 nitrogen and oxygen atoms in total.